The van der Waals surface area contributed by atoms with Crippen LogP contribution in [0.3, 0.4) is 0 Å². The fourth-order valence-corrected chi connectivity index (χ4v) is 3.65. The van der Waals surface area contributed by atoms with Crippen LogP contribution in [0.25, 0.3) is 0 Å². The standard InChI is InChI=1S/C24H26Cl3NO6/c1-15-19(30-13-17-9-5-3-6-10-17)20(31-14-18-11-7-4-8-12-18)21(33-16(2)29)22(32-15)34-23(28)24(25,26)27/h3-12,15,19-22,28H,13-14H2,1-2H3/t15?,19-,20?,21?,22?/m0/s1. The molecule has 2 aromatic carbocycles. The summed E-state index contributed by atoms with van der Waals surface area (Å²) < 4.78 is 27.2. The lowest BCUT2D eigenvalue weighted by Crippen LogP contribution is -2.61. The predicted molar refractivity (Wildman–Crippen MR) is 129 cm³/mol. The van der Waals surface area contributed by atoms with Gasteiger partial charge in [0.25, 0.3) is 3.79 Å². The van der Waals surface area contributed by atoms with Crippen LogP contribution in [-0.2, 0) is 41.7 Å². The number of ether oxygens (including phenoxy) is 5. The number of hydrogen-bond acceptors (Lipinski definition) is 7. The molecule has 1 saturated heterocycles. The highest BCUT2D eigenvalue weighted by molar-refractivity contribution is 6.76. The Bertz CT molecular complexity index is 941. The molecule has 1 aliphatic rings. The smallest absolute Gasteiger partial charge is 0.303 e. The summed E-state index contributed by atoms with van der Waals surface area (Å²) in [6.07, 6.45) is -4.34. The molecule has 10 heteroatoms. The topological polar surface area (TPSA) is 87.1 Å². The third-order valence-corrected chi connectivity index (χ3v) is 5.61. The van der Waals surface area contributed by atoms with Gasteiger partial charge in [0.1, 0.15) is 12.2 Å². The lowest BCUT2D eigenvalue weighted by Gasteiger charge is -2.44. The molecule has 2 aromatic rings. The normalized spacial score (nSPS) is 24.9. The molecule has 34 heavy (non-hydrogen) atoms. The van der Waals surface area contributed by atoms with Gasteiger partial charge < -0.3 is 23.7 Å². The van der Waals surface area contributed by atoms with Gasteiger partial charge in [-0.2, -0.15) is 0 Å². The first-order valence-corrected chi connectivity index (χ1v) is 11.7. The van der Waals surface area contributed by atoms with Gasteiger partial charge in [-0.25, -0.2) is 0 Å². The molecule has 0 amide bonds. The van der Waals surface area contributed by atoms with Gasteiger partial charge in [-0.3, -0.25) is 10.2 Å². The van der Waals surface area contributed by atoms with Crippen molar-refractivity contribution in [2.45, 2.75) is 61.6 Å². The van der Waals surface area contributed by atoms with E-state index in [4.69, 9.17) is 63.9 Å². The largest absolute Gasteiger partial charge is 0.453 e. The Balaban J connectivity index is 1.86. The number of halogens is 3. The van der Waals surface area contributed by atoms with Gasteiger partial charge in [-0.1, -0.05) is 95.5 Å². The number of carbonyl (C=O) groups is 1. The van der Waals surface area contributed by atoms with E-state index in [1.165, 1.54) is 6.92 Å². The van der Waals surface area contributed by atoms with E-state index >= 15 is 0 Å². The van der Waals surface area contributed by atoms with Crippen molar-refractivity contribution >= 4 is 46.7 Å². The van der Waals surface area contributed by atoms with E-state index in [0.29, 0.717) is 0 Å². The molecule has 1 fully saturated rings. The summed E-state index contributed by atoms with van der Waals surface area (Å²) >= 11 is 17.3. The molecule has 3 rings (SSSR count). The summed E-state index contributed by atoms with van der Waals surface area (Å²) in [6, 6.07) is 19.1. The first-order valence-electron chi connectivity index (χ1n) is 10.6. The van der Waals surface area contributed by atoms with Gasteiger partial charge in [0.05, 0.1) is 19.3 Å². The molecule has 1 N–H and O–H groups in total. The first-order chi connectivity index (χ1) is 16.1. The quantitative estimate of drug-likeness (QED) is 0.219. The third kappa shape index (κ3) is 7.57. The van der Waals surface area contributed by atoms with Crippen LogP contribution in [0.4, 0.5) is 0 Å². The Labute approximate surface area is 213 Å². The van der Waals surface area contributed by atoms with E-state index in [-0.39, 0.29) is 13.2 Å². The number of carbonyl (C=O) groups excluding carboxylic acids is 1. The minimum Gasteiger partial charge on any atom is -0.453 e. The fourth-order valence-electron chi connectivity index (χ4n) is 3.52. The van der Waals surface area contributed by atoms with E-state index in [0.717, 1.165) is 11.1 Å². The van der Waals surface area contributed by atoms with Crippen molar-refractivity contribution in [2.24, 2.45) is 0 Å². The second-order valence-corrected chi connectivity index (χ2v) is 10.0. The van der Waals surface area contributed by atoms with Gasteiger partial charge in [-0.15, -0.1) is 0 Å². The summed E-state index contributed by atoms with van der Waals surface area (Å²) in [5, 5.41) is 7.95. The monoisotopic (exact) mass is 529 g/mol. The molecule has 5 atom stereocenters. The Morgan fingerprint density at radius 3 is 1.85 bits per heavy atom. The highest BCUT2D eigenvalue weighted by Gasteiger charge is 2.50. The van der Waals surface area contributed by atoms with Crippen molar-refractivity contribution in [2.75, 3.05) is 0 Å². The second-order valence-electron chi connectivity index (χ2n) is 7.75. The molecular weight excluding hydrogens is 505 g/mol. The van der Waals surface area contributed by atoms with E-state index in [9.17, 15) is 4.79 Å². The molecule has 0 aromatic heterocycles. The Morgan fingerprint density at radius 1 is 0.882 bits per heavy atom. The van der Waals surface area contributed by atoms with E-state index in [1.54, 1.807) is 6.92 Å². The minimum absolute atomic E-state index is 0.218. The average molecular weight is 531 g/mol. The van der Waals surface area contributed by atoms with Crippen molar-refractivity contribution in [3.8, 4) is 0 Å². The summed E-state index contributed by atoms with van der Waals surface area (Å²) in [5.41, 5.74) is 1.87. The van der Waals surface area contributed by atoms with Crippen LogP contribution in [0.15, 0.2) is 60.7 Å². The van der Waals surface area contributed by atoms with Crippen molar-refractivity contribution in [1.29, 1.82) is 5.41 Å². The van der Waals surface area contributed by atoms with Crippen molar-refractivity contribution in [3.05, 3.63) is 71.8 Å². The molecule has 0 bridgehead atoms. The summed E-state index contributed by atoms with van der Waals surface area (Å²) in [5.74, 6) is -1.26. The van der Waals surface area contributed by atoms with Gasteiger partial charge in [-0.05, 0) is 18.1 Å². The summed E-state index contributed by atoms with van der Waals surface area (Å²) in [6.45, 7) is 3.53. The van der Waals surface area contributed by atoms with Crippen molar-refractivity contribution in [1.82, 2.24) is 0 Å². The van der Waals surface area contributed by atoms with Gasteiger partial charge in [0.15, 0.2) is 6.10 Å². The second kappa shape index (κ2) is 12.2. The molecule has 4 unspecified atom stereocenters. The maximum absolute atomic E-state index is 12.0. The molecule has 0 radical (unpaired) electrons. The maximum Gasteiger partial charge on any atom is 0.303 e. The zero-order valence-electron chi connectivity index (χ0n) is 18.7. The van der Waals surface area contributed by atoms with Gasteiger partial charge >= 0.3 is 5.97 Å². The number of nitrogens with one attached hydrogen (secondary N) is 1. The van der Waals surface area contributed by atoms with Crippen LogP contribution in [0, 0.1) is 5.41 Å². The maximum atomic E-state index is 12.0. The molecule has 0 spiro atoms. The zero-order chi connectivity index (χ0) is 24.7. The van der Waals surface area contributed by atoms with Crippen molar-refractivity contribution in [3.63, 3.8) is 0 Å². The highest BCUT2D eigenvalue weighted by Crippen LogP contribution is 2.34. The van der Waals surface area contributed by atoms with Gasteiger partial charge in [0, 0.05) is 6.92 Å². The number of benzene rings is 2. The van der Waals surface area contributed by atoms with Crippen LogP contribution >= 0.6 is 34.8 Å². The Morgan fingerprint density at radius 2 is 1.38 bits per heavy atom. The van der Waals surface area contributed by atoms with Crippen LogP contribution in [0.1, 0.15) is 25.0 Å². The number of esters is 1. The number of hydrogen-bond donors (Lipinski definition) is 1. The van der Waals surface area contributed by atoms with Crippen LogP contribution in [0.2, 0.25) is 0 Å². The Hall–Kier alpha value is -1.87. The van der Waals surface area contributed by atoms with Crippen molar-refractivity contribution < 1.29 is 28.5 Å². The average Bonchev–Trinajstić information content (AvgIpc) is 2.79. The van der Waals surface area contributed by atoms with Crippen LogP contribution < -0.4 is 0 Å². The van der Waals surface area contributed by atoms with Gasteiger partial charge in [0.2, 0.25) is 12.2 Å². The van der Waals surface area contributed by atoms with E-state index in [1.807, 2.05) is 60.7 Å². The summed E-state index contributed by atoms with van der Waals surface area (Å²) in [7, 11) is 0. The molecule has 184 valence electrons. The van der Waals surface area contributed by atoms with Crippen LogP contribution in [0.5, 0.6) is 0 Å². The number of rotatable bonds is 8. The Kier molecular flexibility index (Phi) is 9.59. The number of alkyl halides is 3. The van der Waals surface area contributed by atoms with Crippen LogP contribution in [-0.4, -0.2) is 46.4 Å². The first kappa shape index (κ1) is 26.7. The zero-order valence-corrected chi connectivity index (χ0v) is 20.9. The minimum atomic E-state index is -2.12. The molecular formula is C24H26Cl3NO6. The highest BCUT2D eigenvalue weighted by atomic mass is 35.6. The summed E-state index contributed by atoms with van der Waals surface area (Å²) in [4.78, 5) is 12.0. The molecule has 1 heterocycles. The van der Waals surface area contributed by atoms with E-state index in [2.05, 4.69) is 0 Å². The molecule has 0 aliphatic carbocycles. The molecule has 1 aliphatic heterocycles. The lowest BCUT2D eigenvalue weighted by atomic mass is 9.98. The predicted octanol–water partition coefficient (Wildman–Crippen LogP) is 5.20. The molecule has 0 saturated carbocycles. The van der Waals surface area contributed by atoms with E-state index < -0.39 is 46.4 Å². The fraction of sp³-hybridized carbons (Fsp3) is 0.417. The lowest BCUT2D eigenvalue weighted by molar-refractivity contribution is -0.296. The SMILES string of the molecule is CC(=O)OC1C(OC(=N)C(Cl)(Cl)Cl)OC(C)[C@H](OCc2ccccc2)C1OCc1ccccc1. The third-order valence-electron chi connectivity index (χ3n) is 5.09. The molecule has 7 nitrogen and oxygen atoms in total.